The third kappa shape index (κ3) is 5.52. The minimum atomic E-state index is -0.656. The minimum Gasteiger partial charge on any atom is -0.396 e. The molecule has 3 unspecified atom stereocenters. The van der Waals surface area contributed by atoms with Gasteiger partial charge in [-0.1, -0.05) is 44.1 Å². The van der Waals surface area contributed by atoms with Crippen LogP contribution < -0.4 is 0 Å². The molecule has 176 valence electrons. The molecule has 4 heteroatoms. The highest BCUT2D eigenvalue weighted by atomic mass is 16.3. The first-order valence-electron chi connectivity index (χ1n) is 12.4. The summed E-state index contributed by atoms with van der Waals surface area (Å²) in [6, 6.07) is 0. The lowest BCUT2D eigenvalue weighted by Crippen LogP contribution is -2.41. The number of rotatable bonds is 7. The summed E-state index contributed by atoms with van der Waals surface area (Å²) in [6.45, 7) is 10.4. The maximum atomic E-state index is 10.6. The van der Waals surface area contributed by atoms with Crippen LogP contribution >= 0.6 is 0 Å². The van der Waals surface area contributed by atoms with Gasteiger partial charge in [0, 0.05) is 18.4 Å². The predicted molar refractivity (Wildman–Crippen MR) is 125 cm³/mol. The van der Waals surface area contributed by atoms with Gasteiger partial charge in [-0.2, -0.15) is 0 Å². The molecule has 0 aliphatic heterocycles. The highest BCUT2D eigenvalue weighted by Gasteiger charge is 2.53. The first-order valence-corrected chi connectivity index (χ1v) is 12.4. The van der Waals surface area contributed by atoms with E-state index in [4.69, 9.17) is 0 Å². The van der Waals surface area contributed by atoms with Crippen LogP contribution in [0.25, 0.3) is 0 Å². The van der Waals surface area contributed by atoms with Gasteiger partial charge in [0.25, 0.3) is 0 Å². The third-order valence-electron chi connectivity index (χ3n) is 8.45. The molecule has 3 saturated carbocycles. The molecule has 0 heterocycles. The molecule has 4 N–H and O–H groups in total. The van der Waals surface area contributed by atoms with E-state index in [0.717, 1.165) is 62.5 Å². The van der Waals surface area contributed by atoms with Crippen LogP contribution in [0, 0.1) is 23.2 Å². The lowest BCUT2D eigenvalue weighted by Gasteiger charge is -2.46. The maximum Gasteiger partial charge on any atom is 0.0811 e. The van der Waals surface area contributed by atoms with Crippen molar-refractivity contribution in [2.75, 3.05) is 6.61 Å². The Morgan fingerprint density at radius 1 is 1.23 bits per heavy atom. The van der Waals surface area contributed by atoms with Gasteiger partial charge in [-0.05, 0) is 87.7 Å². The van der Waals surface area contributed by atoms with Crippen molar-refractivity contribution in [2.24, 2.45) is 23.2 Å². The lowest BCUT2D eigenvalue weighted by molar-refractivity contribution is 0.00550. The molecule has 0 bridgehead atoms. The normalized spacial score (nSPS) is 38.0. The van der Waals surface area contributed by atoms with Crippen molar-refractivity contribution in [3.05, 3.63) is 35.5 Å². The summed E-state index contributed by atoms with van der Waals surface area (Å²) in [6.07, 6.45) is 12.5. The maximum absolute atomic E-state index is 10.6. The molecule has 0 saturated heterocycles. The summed E-state index contributed by atoms with van der Waals surface area (Å²) in [5.74, 6) is 1.48. The largest absolute Gasteiger partial charge is 0.396 e. The molecule has 0 aromatic heterocycles. The van der Waals surface area contributed by atoms with Gasteiger partial charge in [-0.3, -0.25) is 0 Å². The number of hydrogen-bond donors (Lipinski definition) is 4. The summed E-state index contributed by atoms with van der Waals surface area (Å²) < 4.78 is 0. The molecule has 0 spiro atoms. The Balaban J connectivity index is 1.75. The fourth-order valence-corrected chi connectivity index (χ4v) is 6.77. The SMILES string of the molecule is C=C1C(=CC=C2CCC[C@@]3(CO)C2CC[C@@H]3C(C)CCCC(C)(C)O)CC(O)C[C@@H]1O. The van der Waals surface area contributed by atoms with Crippen LogP contribution in [0.1, 0.15) is 85.0 Å². The Hall–Kier alpha value is -0.940. The van der Waals surface area contributed by atoms with Crippen LogP contribution in [0.2, 0.25) is 0 Å². The van der Waals surface area contributed by atoms with Crippen molar-refractivity contribution in [1.29, 1.82) is 0 Å². The van der Waals surface area contributed by atoms with Crippen LogP contribution in [0.15, 0.2) is 35.5 Å². The molecule has 0 amide bonds. The standard InChI is InChI=1S/C27H44O4/c1-18(7-5-13-26(3,4)31)23-11-12-24-20(8-6-14-27(23,24)17-28)9-10-21-15-22(29)16-25(30)19(21)2/h9-10,18,22-25,28-31H,2,5-8,11-17H2,1,3-4H3/t18?,22?,23-,24?,25+,27+/m1/s1. The van der Waals surface area contributed by atoms with Gasteiger partial charge >= 0.3 is 0 Å². The second-order valence-corrected chi connectivity index (χ2v) is 11.2. The van der Waals surface area contributed by atoms with Crippen molar-refractivity contribution < 1.29 is 20.4 Å². The zero-order valence-electron chi connectivity index (χ0n) is 19.8. The van der Waals surface area contributed by atoms with Crippen LogP contribution in [0.5, 0.6) is 0 Å². The number of aliphatic hydroxyl groups excluding tert-OH is 3. The van der Waals surface area contributed by atoms with Crippen molar-refractivity contribution in [2.45, 2.75) is 103 Å². The van der Waals surface area contributed by atoms with Gasteiger partial charge < -0.3 is 20.4 Å². The molecule has 6 atom stereocenters. The number of hydrogen-bond acceptors (Lipinski definition) is 4. The fraction of sp³-hybridized carbons (Fsp3) is 0.778. The Morgan fingerprint density at radius 3 is 2.65 bits per heavy atom. The molecule has 31 heavy (non-hydrogen) atoms. The zero-order valence-corrected chi connectivity index (χ0v) is 19.8. The van der Waals surface area contributed by atoms with E-state index in [1.165, 1.54) is 5.57 Å². The van der Waals surface area contributed by atoms with Gasteiger partial charge in [0.1, 0.15) is 0 Å². The zero-order chi connectivity index (χ0) is 22.8. The molecule has 0 aromatic carbocycles. The Bertz CT molecular complexity index is 701. The predicted octanol–water partition coefficient (Wildman–Crippen LogP) is 4.68. The summed E-state index contributed by atoms with van der Waals surface area (Å²) in [5.41, 5.74) is 2.47. The van der Waals surface area contributed by atoms with Gasteiger partial charge in [-0.25, -0.2) is 0 Å². The van der Waals surface area contributed by atoms with E-state index >= 15 is 0 Å². The van der Waals surface area contributed by atoms with Crippen LogP contribution in [-0.4, -0.2) is 44.8 Å². The summed E-state index contributed by atoms with van der Waals surface area (Å²) in [7, 11) is 0. The number of allylic oxidation sites excluding steroid dienone is 3. The molecule has 4 nitrogen and oxygen atoms in total. The van der Waals surface area contributed by atoms with E-state index in [-0.39, 0.29) is 12.0 Å². The molecular weight excluding hydrogens is 388 g/mol. The first-order chi connectivity index (χ1) is 14.6. The van der Waals surface area contributed by atoms with Gasteiger partial charge in [-0.15, -0.1) is 0 Å². The highest BCUT2D eigenvalue weighted by Crippen LogP contribution is 2.60. The average Bonchev–Trinajstić information content (AvgIpc) is 3.09. The number of fused-ring (bicyclic) bond motifs is 1. The summed E-state index contributed by atoms with van der Waals surface area (Å²) >= 11 is 0. The molecule has 0 aromatic rings. The van der Waals surface area contributed by atoms with E-state index in [9.17, 15) is 20.4 Å². The lowest BCUT2D eigenvalue weighted by atomic mass is 9.60. The smallest absolute Gasteiger partial charge is 0.0811 e. The minimum absolute atomic E-state index is 0.0284. The van der Waals surface area contributed by atoms with Gasteiger partial charge in [0.05, 0.1) is 17.8 Å². The first kappa shape index (κ1) is 24.7. The van der Waals surface area contributed by atoms with Crippen molar-refractivity contribution in [3.8, 4) is 0 Å². The van der Waals surface area contributed by atoms with E-state index in [2.05, 4.69) is 25.7 Å². The average molecular weight is 433 g/mol. The van der Waals surface area contributed by atoms with E-state index < -0.39 is 17.8 Å². The van der Waals surface area contributed by atoms with E-state index in [1.54, 1.807) is 0 Å². The monoisotopic (exact) mass is 432 g/mol. The molecule has 3 aliphatic carbocycles. The third-order valence-corrected chi connectivity index (χ3v) is 8.45. The van der Waals surface area contributed by atoms with Gasteiger partial charge in [0.2, 0.25) is 0 Å². The topological polar surface area (TPSA) is 80.9 Å². The van der Waals surface area contributed by atoms with Crippen LogP contribution in [0.3, 0.4) is 0 Å². The second kappa shape index (κ2) is 9.91. The van der Waals surface area contributed by atoms with E-state index in [1.807, 2.05) is 13.8 Å². The quantitative estimate of drug-likeness (QED) is 0.471. The van der Waals surface area contributed by atoms with Crippen LogP contribution in [-0.2, 0) is 0 Å². The Morgan fingerprint density at radius 2 is 1.97 bits per heavy atom. The van der Waals surface area contributed by atoms with Crippen molar-refractivity contribution >= 4 is 0 Å². The van der Waals surface area contributed by atoms with Crippen molar-refractivity contribution in [1.82, 2.24) is 0 Å². The second-order valence-electron chi connectivity index (χ2n) is 11.2. The molecule has 3 fully saturated rings. The van der Waals surface area contributed by atoms with Crippen LogP contribution in [0.4, 0.5) is 0 Å². The number of aliphatic hydroxyl groups is 4. The summed E-state index contributed by atoms with van der Waals surface area (Å²) in [4.78, 5) is 0. The Kier molecular flexibility index (Phi) is 7.89. The summed E-state index contributed by atoms with van der Waals surface area (Å²) in [5, 5.41) is 40.8. The Labute approximate surface area is 188 Å². The molecule has 3 aliphatic rings. The molecular formula is C27H44O4. The highest BCUT2D eigenvalue weighted by molar-refractivity contribution is 5.38. The van der Waals surface area contributed by atoms with E-state index in [0.29, 0.717) is 30.6 Å². The van der Waals surface area contributed by atoms with Gasteiger partial charge in [0.15, 0.2) is 0 Å². The molecule has 3 rings (SSSR count). The van der Waals surface area contributed by atoms with Crippen molar-refractivity contribution in [3.63, 3.8) is 0 Å². The molecule has 0 radical (unpaired) electrons. The fourth-order valence-electron chi connectivity index (χ4n) is 6.77.